The number of hydrogen-bond donors (Lipinski definition) is 3. The Kier molecular flexibility index (Phi) is 8.35. The van der Waals surface area contributed by atoms with Crippen molar-refractivity contribution in [3.63, 3.8) is 0 Å². The van der Waals surface area contributed by atoms with E-state index in [0.717, 1.165) is 21.7 Å². The Morgan fingerprint density at radius 2 is 1.97 bits per heavy atom. The number of aliphatic hydroxyl groups excluding tert-OH is 1. The van der Waals surface area contributed by atoms with Crippen molar-refractivity contribution in [2.75, 3.05) is 6.54 Å². The molecule has 2 aromatic rings. The number of amides is 2. The van der Waals surface area contributed by atoms with Crippen molar-refractivity contribution < 1.29 is 14.7 Å². The number of carbonyl (C=O) groups excluding carboxylic acids is 2. The molecule has 170 valence electrons. The van der Waals surface area contributed by atoms with Gasteiger partial charge in [-0.2, -0.15) is 0 Å². The van der Waals surface area contributed by atoms with Gasteiger partial charge in [0.2, 0.25) is 11.8 Å². The van der Waals surface area contributed by atoms with Gasteiger partial charge in [0, 0.05) is 13.1 Å². The van der Waals surface area contributed by atoms with Crippen LogP contribution in [0.3, 0.4) is 0 Å². The van der Waals surface area contributed by atoms with Gasteiger partial charge >= 0.3 is 0 Å². The van der Waals surface area contributed by atoms with Crippen molar-refractivity contribution in [1.29, 1.82) is 0 Å². The first-order chi connectivity index (χ1) is 14.1. The SMILES string of the molecule is Cc1ncsc1-c1ccc(CN2C[C@H](O)C[C@H]2C(=O)NC(=O)[C@H](N)C(C)(C)C)cc1.Cl. The van der Waals surface area contributed by atoms with E-state index in [2.05, 4.69) is 10.3 Å². The topological polar surface area (TPSA) is 109 Å². The van der Waals surface area contributed by atoms with Crippen molar-refractivity contribution in [2.24, 2.45) is 11.1 Å². The molecule has 1 saturated heterocycles. The molecule has 3 rings (SSSR count). The highest BCUT2D eigenvalue weighted by atomic mass is 35.5. The summed E-state index contributed by atoms with van der Waals surface area (Å²) in [4.78, 5) is 32.4. The second-order valence-electron chi connectivity index (χ2n) is 9.00. The van der Waals surface area contributed by atoms with E-state index in [1.165, 1.54) is 0 Å². The second-order valence-corrected chi connectivity index (χ2v) is 9.85. The average molecular weight is 467 g/mol. The van der Waals surface area contributed by atoms with Gasteiger partial charge in [0.05, 0.1) is 34.3 Å². The molecule has 2 amide bonds. The number of nitrogens with zero attached hydrogens (tertiary/aromatic N) is 2. The van der Waals surface area contributed by atoms with Crippen LogP contribution in [0.15, 0.2) is 29.8 Å². The molecule has 2 heterocycles. The van der Waals surface area contributed by atoms with E-state index in [0.29, 0.717) is 19.5 Å². The molecule has 0 bridgehead atoms. The number of nitrogens with two attached hydrogens (primary N) is 1. The molecule has 4 N–H and O–H groups in total. The van der Waals surface area contributed by atoms with Gasteiger partial charge in [-0.1, -0.05) is 45.0 Å². The monoisotopic (exact) mass is 466 g/mol. The second kappa shape index (κ2) is 10.2. The van der Waals surface area contributed by atoms with E-state index in [4.69, 9.17) is 5.73 Å². The summed E-state index contributed by atoms with van der Waals surface area (Å²) in [6, 6.07) is 6.78. The summed E-state index contributed by atoms with van der Waals surface area (Å²) in [6.07, 6.45) is -0.312. The van der Waals surface area contributed by atoms with Gasteiger partial charge < -0.3 is 10.8 Å². The Bertz CT molecular complexity index is 910. The molecule has 31 heavy (non-hydrogen) atoms. The Morgan fingerprint density at radius 3 is 2.52 bits per heavy atom. The predicted octanol–water partition coefficient (Wildman–Crippen LogP) is 2.49. The summed E-state index contributed by atoms with van der Waals surface area (Å²) < 4.78 is 0. The minimum absolute atomic E-state index is 0. The van der Waals surface area contributed by atoms with Crippen LogP contribution in [-0.4, -0.2) is 51.5 Å². The number of benzene rings is 1. The van der Waals surface area contributed by atoms with E-state index in [1.54, 1.807) is 11.3 Å². The summed E-state index contributed by atoms with van der Waals surface area (Å²) in [5.41, 5.74) is 10.5. The van der Waals surface area contributed by atoms with Gasteiger partial charge in [0.15, 0.2) is 0 Å². The molecule has 0 unspecified atom stereocenters. The minimum atomic E-state index is -0.788. The molecule has 0 saturated carbocycles. The summed E-state index contributed by atoms with van der Waals surface area (Å²) in [7, 11) is 0. The van der Waals surface area contributed by atoms with E-state index in [-0.39, 0.29) is 12.4 Å². The number of halogens is 1. The summed E-state index contributed by atoms with van der Waals surface area (Å²) in [6.45, 7) is 8.44. The summed E-state index contributed by atoms with van der Waals surface area (Å²) >= 11 is 1.61. The number of imide groups is 1. The zero-order valence-corrected chi connectivity index (χ0v) is 19.9. The van der Waals surface area contributed by atoms with Crippen molar-refractivity contribution in [1.82, 2.24) is 15.2 Å². The maximum Gasteiger partial charge on any atom is 0.244 e. The van der Waals surface area contributed by atoms with Crippen molar-refractivity contribution in [3.8, 4) is 10.4 Å². The van der Waals surface area contributed by atoms with E-state index in [9.17, 15) is 14.7 Å². The van der Waals surface area contributed by atoms with Crippen LogP contribution in [0, 0.1) is 12.3 Å². The zero-order valence-electron chi connectivity index (χ0n) is 18.3. The molecule has 7 nitrogen and oxygen atoms in total. The normalized spacial score (nSPS) is 20.2. The lowest BCUT2D eigenvalue weighted by molar-refractivity contribution is -0.134. The number of nitrogens with one attached hydrogen (secondary N) is 1. The number of aliphatic hydroxyl groups is 1. The quantitative estimate of drug-likeness (QED) is 0.624. The minimum Gasteiger partial charge on any atom is -0.392 e. The van der Waals surface area contributed by atoms with E-state index < -0.39 is 35.4 Å². The number of likely N-dealkylation sites (tertiary alicyclic amines) is 1. The highest BCUT2D eigenvalue weighted by Crippen LogP contribution is 2.28. The molecule has 0 spiro atoms. The first-order valence-corrected chi connectivity index (χ1v) is 11.0. The average Bonchev–Trinajstić information content (AvgIpc) is 3.26. The first kappa shape index (κ1) is 25.4. The fraction of sp³-hybridized carbons (Fsp3) is 0.500. The molecule has 1 aliphatic rings. The third-order valence-electron chi connectivity index (χ3n) is 5.49. The molecule has 3 atom stereocenters. The zero-order chi connectivity index (χ0) is 22.1. The van der Waals surface area contributed by atoms with Crippen molar-refractivity contribution >= 4 is 35.6 Å². The molecule has 1 aromatic heterocycles. The molecule has 1 aromatic carbocycles. The van der Waals surface area contributed by atoms with Gasteiger partial charge in [-0.3, -0.25) is 19.8 Å². The summed E-state index contributed by atoms with van der Waals surface area (Å²) in [5.74, 6) is -0.897. The molecular weight excluding hydrogens is 436 g/mol. The van der Waals surface area contributed by atoms with Crippen LogP contribution in [0.4, 0.5) is 0 Å². The fourth-order valence-electron chi connectivity index (χ4n) is 3.58. The van der Waals surface area contributed by atoms with Crippen LogP contribution >= 0.6 is 23.7 Å². The molecule has 0 radical (unpaired) electrons. The maximum atomic E-state index is 12.7. The van der Waals surface area contributed by atoms with Gasteiger partial charge in [0.25, 0.3) is 0 Å². The van der Waals surface area contributed by atoms with Crippen molar-refractivity contribution in [2.45, 2.75) is 58.8 Å². The molecule has 1 fully saturated rings. The number of aromatic nitrogens is 1. The van der Waals surface area contributed by atoms with Crippen LogP contribution in [0.2, 0.25) is 0 Å². The lowest BCUT2D eigenvalue weighted by atomic mass is 9.87. The number of aryl methyl sites for hydroxylation is 1. The molecule has 9 heteroatoms. The number of hydrogen-bond acceptors (Lipinski definition) is 7. The highest BCUT2D eigenvalue weighted by Gasteiger charge is 2.38. The molecule has 0 aliphatic carbocycles. The van der Waals surface area contributed by atoms with Crippen LogP contribution in [0.25, 0.3) is 10.4 Å². The largest absolute Gasteiger partial charge is 0.392 e. The van der Waals surface area contributed by atoms with Crippen LogP contribution in [0.1, 0.15) is 38.4 Å². The Morgan fingerprint density at radius 1 is 1.32 bits per heavy atom. The van der Waals surface area contributed by atoms with Gasteiger partial charge in [-0.15, -0.1) is 23.7 Å². The van der Waals surface area contributed by atoms with Gasteiger partial charge in [0.1, 0.15) is 0 Å². The summed E-state index contributed by atoms with van der Waals surface area (Å²) in [5, 5.41) is 12.6. The molecular formula is C22H31ClN4O3S. The third-order valence-corrected chi connectivity index (χ3v) is 6.47. The third kappa shape index (κ3) is 6.11. The number of rotatable bonds is 5. The van der Waals surface area contributed by atoms with E-state index >= 15 is 0 Å². The standard InChI is InChI=1S/C22H30N4O3S.ClH/c1-13-18(30-12-24-13)15-7-5-14(6-8-15)10-26-11-16(27)9-17(26)20(28)25-21(29)19(23)22(2,3)4;/h5-8,12,16-17,19,27H,9-11,23H2,1-4H3,(H,25,28,29);1H/t16-,17+,19+;/m1./s1. The Balaban J connectivity index is 0.00000341. The highest BCUT2D eigenvalue weighted by molar-refractivity contribution is 7.13. The smallest absolute Gasteiger partial charge is 0.244 e. The van der Waals surface area contributed by atoms with Crippen LogP contribution < -0.4 is 11.1 Å². The predicted molar refractivity (Wildman–Crippen MR) is 125 cm³/mol. The lowest BCUT2D eigenvalue weighted by Gasteiger charge is -2.27. The van der Waals surface area contributed by atoms with Gasteiger partial charge in [-0.05, 0) is 29.9 Å². The number of carbonyl (C=O) groups is 2. The lowest BCUT2D eigenvalue weighted by Crippen LogP contribution is -2.53. The van der Waals surface area contributed by atoms with Crippen LogP contribution in [-0.2, 0) is 16.1 Å². The van der Waals surface area contributed by atoms with E-state index in [1.807, 2.05) is 62.4 Å². The van der Waals surface area contributed by atoms with Gasteiger partial charge in [-0.25, -0.2) is 4.98 Å². The first-order valence-electron chi connectivity index (χ1n) is 10.1. The molecule has 1 aliphatic heterocycles. The Hall–Kier alpha value is -1.84. The van der Waals surface area contributed by atoms with Crippen LogP contribution in [0.5, 0.6) is 0 Å². The maximum absolute atomic E-state index is 12.7. The number of β-amino-alcohol motifs (C(OH)–C–C–N with tert-alkyl or cyclic N) is 1. The van der Waals surface area contributed by atoms with Crippen molar-refractivity contribution in [3.05, 3.63) is 41.0 Å². The fourth-order valence-corrected chi connectivity index (χ4v) is 4.39. The Labute approximate surface area is 193 Å². The number of thiazole rings is 1.